The van der Waals surface area contributed by atoms with Gasteiger partial charge in [0.1, 0.15) is 0 Å². The Balaban J connectivity index is 0.000000980. The van der Waals surface area contributed by atoms with E-state index in [9.17, 15) is 4.79 Å². The van der Waals surface area contributed by atoms with Crippen molar-refractivity contribution in [3.63, 3.8) is 0 Å². The van der Waals surface area contributed by atoms with Gasteiger partial charge in [0.2, 0.25) is 0 Å². The maximum Gasteiger partial charge on any atom is 0.254 e. The van der Waals surface area contributed by atoms with Crippen molar-refractivity contribution < 1.29 is 4.79 Å². The molecule has 1 aliphatic rings. The number of carbonyl (C=O) groups excluding carboxylic acids is 1. The van der Waals surface area contributed by atoms with Gasteiger partial charge in [-0.25, -0.2) is 0 Å². The number of hydrogen-bond donors (Lipinski definition) is 1. The average Bonchev–Trinajstić information content (AvgIpc) is 2.43. The first-order chi connectivity index (χ1) is 6.24. The summed E-state index contributed by atoms with van der Waals surface area (Å²) in [6.45, 7) is 1.14. The molecule has 0 saturated heterocycles. The smallest absolute Gasteiger partial charge is 0.254 e. The third-order valence-electron chi connectivity index (χ3n) is 2.43. The Labute approximate surface area is 89.3 Å². The van der Waals surface area contributed by atoms with E-state index >= 15 is 0 Å². The van der Waals surface area contributed by atoms with Crippen molar-refractivity contribution in [1.29, 1.82) is 0 Å². The van der Waals surface area contributed by atoms with Crippen LogP contribution in [-0.4, -0.2) is 17.9 Å². The van der Waals surface area contributed by atoms with E-state index in [1.54, 1.807) is 4.90 Å². The molecule has 4 heteroatoms. The highest BCUT2D eigenvalue weighted by atomic mass is 35.5. The van der Waals surface area contributed by atoms with E-state index in [4.69, 9.17) is 5.73 Å². The zero-order valence-corrected chi connectivity index (χ0v) is 8.80. The van der Waals surface area contributed by atoms with Crippen LogP contribution in [0.5, 0.6) is 0 Å². The lowest BCUT2D eigenvalue weighted by Gasteiger charge is -2.05. The second-order valence-electron chi connectivity index (χ2n) is 3.32. The molecule has 0 atom stereocenters. The minimum atomic E-state index is 0. The maximum atomic E-state index is 11.6. The van der Waals surface area contributed by atoms with Gasteiger partial charge in [-0.15, -0.1) is 12.4 Å². The van der Waals surface area contributed by atoms with Crippen molar-refractivity contribution in [2.45, 2.75) is 13.1 Å². The molecule has 76 valence electrons. The fourth-order valence-corrected chi connectivity index (χ4v) is 1.75. The first kappa shape index (κ1) is 11.0. The molecule has 3 nitrogen and oxygen atoms in total. The molecule has 1 amide bonds. The molecule has 0 radical (unpaired) electrons. The van der Waals surface area contributed by atoms with Crippen LogP contribution in [0, 0.1) is 0 Å². The molecular formula is C10H13ClN2O. The number of fused-ring (bicyclic) bond motifs is 1. The zero-order chi connectivity index (χ0) is 9.42. The summed E-state index contributed by atoms with van der Waals surface area (Å²) < 4.78 is 0. The molecule has 0 unspecified atom stereocenters. The molecule has 0 bridgehead atoms. The second-order valence-corrected chi connectivity index (χ2v) is 3.32. The number of nitrogens with zero attached hydrogens (tertiary/aromatic N) is 1. The van der Waals surface area contributed by atoms with E-state index in [-0.39, 0.29) is 18.3 Å². The molecule has 1 heterocycles. The number of hydrogen-bond acceptors (Lipinski definition) is 2. The molecule has 1 aliphatic heterocycles. The number of nitrogens with two attached hydrogens (primary N) is 1. The van der Waals surface area contributed by atoms with Crippen molar-refractivity contribution in [2.75, 3.05) is 7.05 Å². The normalized spacial score (nSPS) is 13.9. The predicted octanol–water partition coefficient (Wildman–Crippen LogP) is 1.15. The van der Waals surface area contributed by atoms with Crippen LogP contribution in [0.2, 0.25) is 0 Å². The van der Waals surface area contributed by atoms with E-state index in [1.165, 1.54) is 0 Å². The van der Waals surface area contributed by atoms with E-state index in [2.05, 4.69) is 0 Å². The topological polar surface area (TPSA) is 46.3 Å². The highest BCUT2D eigenvalue weighted by Crippen LogP contribution is 2.24. The Bertz CT molecular complexity index is 365. The van der Waals surface area contributed by atoms with Crippen LogP contribution in [0.3, 0.4) is 0 Å². The van der Waals surface area contributed by atoms with Crippen molar-refractivity contribution in [2.24, 2.45) is 5.73 Å². The summed E-state index contributed by atoms with van der Waals surface area (Å²) in [7, 11) is 1.81. The standard InChI is InChI=1S/C10H12N2O.ClH/c1-12-6-8-4-2-3-7(5-11)9(8)10(12)13;/h2-4H,5-6,11H2,1H3;1H. The largest absolute Gasteiger partial charge is 0.337 e. The average molecular weight is 213 g/mol. The number of benzene rings is 1. The van der Waals surface area contributed by atoms with Crippen molar-refractivity contribution in [3.05, 3.63) is 34.9 Å². The summed E-state index contributed by atoms with van der Waals surface area (Å²) in [5.41, 5.74) is 8.42. The summed E-state index contributed by atoms with van der Waals surface area (Å²) in [6.07, 6.45) is 0. The van der Waals surface area contributed by atoms with Gasteiger partial charge in [-0.1, -0.05) is 18.2 Å². The Kier molecular flexibility index (Phi) is 3.13. The first-order valence-electron chi connectivity index (χ1n) is 4.30. The van der Waals surface area contributed by atoms with Crippen LogP contribution < -0.4 is 5.73 Å². The van der Waals surface area contributed by atoms with Gasteiger partial charge in [0, 0.05) is 25.7 Å². The van der Waals surface area contributed by atoms with Crippen LogP contribution in [0.4, 0.5) is 0 Å². The lowest BCUT2D eigenvalue weighted by atomic mass is 10.0. The summed E-state index contributed by atoms with van der Waals surface area (Å²) >= 11 is 0. The van der Waals surface area contributed by atoms with Crippen LogP contribution in [0.15, 0.2) is 18.2 Å². The van der Waals surface area contributed by atoms with E-state index < -0.39 is 0 Å². The molecule has 2 rings (SSSR count). The third-order valence-corrected chi connectivity index (χ3v) is 2.43. The quantitative estimate of drug-likeness (QED) is 0.759. The SMILES string of the molecule is CN1Cc2cccc(CN)c2C1=O.Cl. The number of halogens is 1. The number of rotatable bonds is 1. The Morgan fingerprint density at radius 1 is 1.50 bits per heavy atom. The lowest BCUT2D eigenvalue weighted by Crippen LogP contribution is -2.18. The first-order valence-corrected chi connectivity index (χ1v) is 4.30. The van der Waals surface area contributed by atoms with E-state index in [1.807, 2.05) is 25.2 Å². The lowest BCUT2D eigenvalue weighted by molar-refractivity contribution is 0.0815. The second kappa shape index (κ2) is 3.98. The van der Waals surface area contributed by atoms with Crippen molar-refractivity contribution >= 4 is 18.3 Å². The van der Waals surface area contributed by atoms with Gasteiger partial charge in [-0.05, 0) is 11.1 Å². The summed E-state index contributed by atoms with van der Waals surface area (Å²) in [4.78, 5) is 13.4. The Morgan fingerprint density at radius 3 is 2.86 bits per heavy atom. The molecule has 1 aromatic carbocycles. The molecule has 0 aromatic heterocycles. The van der Waals surface area contributed by atoms with Crippen molar-refractivity contribution in [3.8, 4) is 0 Å². The molecule has 14 heavy (non-hydrogen) atoms. The molecule has 0 fully saturated rings. The minimum absolute atomic E-state index is 0. The molecular weight excluding hydrogens is 200 g/mol. The number of carbonyl (C=O) groups is 1. The molecule has 0 aliphatic carbocycles. The van der Waals surface area contributed by atoms with Crippen LogP contribution >= 0.6 is 12.4 Å². The number of amides is 1. The van der Waals surface area contributed by atoms with Gasteiger partial charge < -0.3 is 10.6 Å². The summed E-state index contributed by atoms with van der Waals surface area (Å²) in [5, 5.41) is 0. The molecule has 2 N–H and O–H groups in total. The van der Waals surface area contributed by atoms with Crippen molar-refractivity contribution in [1.82, 2.24) is 4.90 Å². The third kappa shape index (κ3) is 1.49. The van der Waals surface area contributed by atoms with Gasteiger partial charge in [-0.3, -0.25) is 4.79 Å². The highest BCUT2D eigenvalue weighted by Gasteiger charge is 2.26. The van der Waals surface area contributed by atoms with Gasteiger partial charge >= 0.3 is 0 Å². The fourth-order valence-electron chi connectivity index (χ4n) is 1.75. The van der Waals surface area contributed by atoms with Gasteiger partial charge in [-0.2, -0.15) is 0 Å². The van der Waals surface area contributed by atoms with E-state index in [0.29, 0.717) is 13.1 Å². The van der Waals surface area contributed by atoms with Crippen LogP contribution in [0.25, 0.3) is 0 Å². The molecule has 0 saturated carbocycles. The molecule has 1 aromatic rings. The monoisotopic (exact) mass is 212 g/mol. The summed E-state index contributed by atoms with van der Waals surface area (Å²) in [5.74, 6) is 0.0936. The summed E-state index contributed by atoms with van der Waals surface area (Å²) in [6, 6.07) is 5.85. The predicted molar refractivity (Wildman–Crippen MR) is 57.4 cm³/mol. The Morgan fingerprint density at radius 2 is 2.21 bits per heavy atom. The highest BCUT2D eigenvalue weighted by molar-refractivity contribution is 5.99. The minimum Gasteiger partial charge on any atom is -0.337 e. The maximum absolute atomic E-state index is 11.6. The Hall–Kier alpha value is -1.06. The molecule has 0 spiro atoms. The van der Waals surface area contributed by atoms with Gasteiger partial charge in [0.05, 0.1) is 0 Å². The van der Waals surface area contributed by atoms with Gasteiger partial charge in [0.15, 0.2) is 0 Å². The van der Waals surface area contributed by atoms with Gasteiger partial charge in [0.25, 0.3) is 5.91 Å². The van der Waals surface area contributed by atoms with Crippen LogP contribution in [0.1, 0.15) is 21.5 Å². The fraction of sp³-hybridized carbons (Fsp3) is 0.300. The van der Waals surface area contributed by atoms with Crippen LogP contribution in [-0.2, 0) is 13.1 Å². The van der Waals surface area contributed by atoms with E-state index in [0.717, 1.165) is 16.7 Å². The zero-order valence-electron chi connectivity index (χ0n) is 7.99.